The molecule has 1 saturated heterocycles. The lowest BCUT2D eigenvalue weighted by Crippen LogP contribution is -2.29. The largest absolute Gasteiger partial charge is 0.364 e. The van der Waals surface area contributed by atoms with Crippen LogP contribution in [-0.2, 0) is 9.53 Å². The van der Waals surface area contributed by atoms with Crippen molar-refractivity contribution in [2.24, 2.45) is 5.73 Å². The second kappa shape index (κ2) is 5.65. The molecule has 0 aromatic heterocycles. The summed E-state index contributed by atoms with van der Waals surface area (Å²) in [7, 11) is 0. The molecule has 0 aliphatic carbocycles. The number of benzene rings is 1. The molecule has 1 aliphatic rings. The lowest BCUT2D eigenvalue weighted by atomic mass is 10.2. The average molecular weight is 273 g/mol. The van der Waals surface area contributed by atoms with Crippen molar-refractivity contribution in [3.8, 4) is 0 Å². The van der Waals surface area contributed by atoms with Gasteiger partial charge in [0.25, 0.3) is 5.91 Å². The zero-order valence-corrected chi connectivity index (χ0v) is 10.4. The molecular weight excluding hydrogens is 259 g/mol. The molecule has 1 amide bonds. The van der Waals surface area contributed by atoms with Crippen LogP contribution in [0.2, 0.25) is 5.02 Å². The van der Waals surface area contributed by atoms with E-state index in [4.69, 9.17) is 22.1 Å². The molecule has 0 spiro atoms. The van der Waals surface area contributed by atoms with Gasteiger partial charge in [-0.25, -0.2) is 4.39 Å². The van der Waals surface area contributed by atoms with E-state index in [2.05, 4.69) is 5.32 Å². The fourth-order valence-electron chi connectivity index (χ4n) is 1.88. The van der Waals surface area contributed by atoms with Crippen LogP contribution < -0.4 is 11.1 Å². The van der Waals surface area contributed by atoms with E-state index >= 15 is 0 Å². The predicted octanol–water partition coefficient (Wildman–Crippen LogP) is 1.92. The quantitative estimate of drug-likeness (QED) is 0.884. The van der Waals surface area contributed by atoms with Gasteiger partial charge < -0.3 is 15.8 Å². The number of hydrogen-bond acceptors (Lipinski definition) is 3. The van der Waals surface area contributed by atoms with Crippen molar-refractivity contribution in [2.45, 2.75) is 25.0 Å². The smallest absolute Gasteiger partial charge is 0.253 e. The molecule has 1 fully saturated rings. The van der Waals surface area contributed by atoms with Gasteiger partial charge in [-0.1, -0.05) is 11.6 Å². The third-order valence-corrected chi connectivity index (χ3v) is 3.16. The summed E-state index contributed by atoms with van der Waals surface area (Å²) in [5.74, 6) is -0.724. The van der Waals surface area contributed by atoms with Crippen molar-refractivity contribution in [3.63, 3.8) is 0 Å². The molecule has 18 heavy (non-hydrogen) atoms. The van der Waals surface area contributed by atoms with Gasteiger partial charge in [-0.3, -0.25) is 4.79 Å². The van der Waals surface area contributed by atoms with Crippen LogP contribution in [0.25, 0.3) is 0 Å². The van der Waals surface area contributed by atoms with Crippen LogP contribution in [0.4, 0.5) is 10.1 Å². The number of nitrogens with one attached hydrogen (secondary N) is 1. The molecule has 1 aromatic carbocycles. The molecule has 4 nitrogen and oxygen atoms in total. The van der Waals surface area contributed by atoms with Crippen molar-refractivity contribution in [2.75, 3.05) is 11.9 Å². The van der Waals surface area contributed by atoms with Gasteiger partial charge in [0.2, 0.25) is 0 Å². The fourth-order valence-corrected chi connectivity index (χ4v) is 2.09. The Balaban J connectivity index is 1.99. The molecule has 2 atom stereocenters. The van der Waals surface area contributed by atoms with E-state index in [-0.39, 0.29) is 17.0 Å². The third-order valence-electron chi connectivity index (χ3n) is 2.85. The number of hydrogen-bond donors (Lipinski definition) is 2. The minimum atomic E-state index is -0.514. The molecule has 2 rings (SSSR count). The van der Waals surface area contributed by atoms with Crippen molar-refractivity contribution < 1.29 is 13.9 Å². The van der Waals surface area contributed by atoms with Crippen LogP contribution in [0.15, 0.2) is 18.2 Å². The van der Waals surface area contributed by atoms with Crippen LogP contribution >= 0.6 is 11.6 Å². The second-order valence-corrected chi connectivity index (χ2v) is 4.58. The molecular formula is C12H14ClFN2O2. The van der Waals surface area contributed by atoms with Gasteiger partial charge in [-0.2, -0.15) is 0 Å². The highest BCUT2D eigenvalue weighted by molar-refractivity contribution is 6.33. The molecule has 0 bridgehead atoms. The van der Waals surface area contributed by atoms with E-state index in [0.717, 1.165) is 12.5 Å². The predicted molar refractivity (Wildman–Crippen MR) is 67.0 cm³/mol. The summed E-state index contributed by atoms with van der Waals surface area (Å²) in [6.45, 7) is 0.404. The van der Waals surface area contributed by atoms with Crippen molar-refractivity contribution in [3.05, 3.63) is 29.0 Å². The minimum absolute atomic E-state index is 0.0653. The molecule has 2 unspecified atom stereocenters. The van der Waals surface area contributed by atoms with E-state index in [1.165, 1.54) is 12.1 Å². The molecule has 3 N–H and O–H groups in total. The number of ether oxygens (including phenoxy) is 1. The number of anilines is 1. The summed E-state index contributed by atoms with van der Waals surface area (Å²) in [5, 5.41) is 2.78. The Morgan fingerprint density at radius 2 is 2.33 bits per heavy atom. The Bertz CT molecular complexity index is 456. The van der Waals surface area contributed by atoms with Gasteiger partial charge in [-0.05, 0) is 31.0 Å². The van der Waals surface area contributed by atoms with Crippen molar-refractivity contribution in [1.29, 1.82) is 0 Å². The molecule has 1 heterocycles. The first-order chi connectivity index (χ1) is 8.60. The van der Waals surface area contributed by atoms with Crippen LogP contribution in [0.3, 0.4) is 0 Å². The highest BCUT2D eigenvalue weighted by Crippen LogP contribution is 2.25. The third kappa shape index (κ3) is 2.98. The first kappa shape index (κ1) is 13.3. The van der Waals surface area contributed by atoms with E-state index in [1.54, 1.807) is 0 Å². The summed E-state index contributed by atoms with van der Waals surface area (Å²) >= 11 is 5.82. The highest BCUT2D eigenvalue weighted by Gasteiger charge is 2.30. The van der Waals surface area contributed by atoms with Crippen LogP contribution in [0, 0.1) is 5.82 Å². The maximum Gasteiger partial charge on any atom is 0.253 e. The van der Waals surface area contributed by atoms with Crippen LogP contribution in [-0.4, -0.2) is 24.7 Å². The van der Waals surface area contributed by atoms with E-state index < -0.39 is 11.9 Å². The number of nitrogens with two attached hydrogens (primary N) is 1. The first-order valence-electron chi connectivity index (χ1n) is 5.71. The summed E-state index contributed by atoms with van der Waals surface area (Å²) < 4.78 is 18.3. The zero-order chi connectivity index (χ0) is 13.1. The summed E-state index contributed by atoms with van der Waals surface area (Å²) in [6, 6.07) is 3.81. The van der Waals surface area contributed by atoms with E-state index in [9.17, 15) is 9.18 Å². The van der Waals surface area contributed by atoms with Crippen LogP contribution in [0.1, 0.15) is 12.8 Å². The van der Waals surface area contributed by atoms with Crippen molar-refractivity contribution in [1.82, 2.24) is 0 Å². The number of carbonyl (C=O) groups is 1. The molecule has 6 heteroatoms. The number of carbonyl (C=O) groups excluding carboxylic acids is 1. The summed E-state index contributed by atoms with van der Waals surface area (Å²) in [6.07, 6.45) is 0.822. The van der Waals surface area contributed by atoms with E-state index in [1.807, 2.05) is 0 Å². The van der Waals surface area contributed by atoms with Crippen LogP contribution in [0.5, 0.6) is 0 Å². The van der Waals surface area contributed by atoms with Gasteiger partial charge in [0, 0.05) is 6.54 Å². The summed E-state index contributed by atoms with van der Waals surface area (Å²) in [4.78, 5) is 11.9. The van der Waals surface area contributed by atoms with Gasteiger partial charge in [-0.15, -0.1) is 0 Å². The lowest BCUT2D eigenvalue weighted by molar-refractivity contribution is -0.126. The Morgan fingerprint density at radius 1 is 1.56 bits per heavy atom. The Labute approximate surface area is 109 Å². The fraction of sp³-hybridized carbons (Fsp3) is 0.417. The Morgan fingerprint density at radius 3 is 2.94 bits per heavy atom. The molecule has 1 aliphatic heterocycles. The van der Waals surface area contributed by atoms with Gasteiger partial charge in [0.05, 0.1) is 16.8 Å². The topological polar surface area (TPSA) is 64.4 Å². The van der Waals surface area contributed by atoms with Crippen molar-refractivity contribution >= 4 is 23.2 Å². The highest BCUT2D eigenvalue weighted by atomic mass is 35.5. The SMILES string of the molecule is NCC1CCC(C(=O)Nc2ccc(F)cc2Cl)O1. The van der Waals surface area contributed by atoms with Gasteiger partial charge in [0.15, 0.2) is 0 Å². The number of halogens is 2. The van der Waals surface area contributed by atoms with E-state index in [0.29, 0.717) is 18.7 Å². The Hall–Kier alpha value is -1.17. The maximum atomic E-state index is 12.8. The second-order valence-electron chi connectivity index (χ2n) is 4.17. The maximum absolute atomic E-state index is 12.8. The summed E-state index contributed by atoms with van der Waals surface area (Å²) in [5.41, 5.74) is 5.85. The molecule has 0 radical (unpaired) electrons. The number of rotatable bonds is 3. The first-order valence-corrected chi connectivity index (χ1v) is 6.09. The van der Waals surface area contributed by atoms with Gasteiger partial charge >= 0.3 is 0 Å². The zero-order valence-electron chi connectivity index (χ0n) is 9.66. The molecule has 1 aromatic rings. The average Bonchev–Trinajstić information content (AvgIpc) is 2.81. The minimum Gasteiger partial charge on any atom is -0.364 e. The van der Waals surface area contributed by atoms with Gasteiger partial charge in [0.1, 0.15) is 11.9 Å². The number of amides is 1. The molecule has 98 valence electrons. The standard InChI is InChI=1S/C12H14ClFN2O2/c13-9-5-7(14)1-3-10(9)16-12(17)11-4-2-8(6-15)18-11/h1,3,5,8,11H,2,4,6,15H2,(H,16,17). The molecule has 0 saturated carbocycles. The lowest BCUT2D eigenvalue weighted by Gasteiger charge is -2.13. The monoisotopic (exact) mass is 272 g/mol. The normalized spacial score (nSPS) is 23.1. The Kier molecular flexibility index (Phi) is 4.16.